The summed E-state index contributed by atoms with van der Waals surface area (Å²) in [5, 5.41) is 5.44. The number of nitrogens with one attached hydrogen (secondary N) is 1. The second-order valence-electron chi connectivity index (χ2n) is 5.93. The number of hydrogen-bond acceptors (Lipinski definition) is 4. The Bertz CT molecular complexity index is 849. The van der Waals surface area contributed by atoms with Gasteiger partial charge in [-0.05, 0) is 26.3 Å². The zero-order valence-corrected chi connectivity index (χ0v) is 13.8. The fraction of sp³-hybridized carbons (Fsp3) is 0.294. The minimum atomic E-state index is -0.181. The molecule has 0 unspecified atom stereocenters. The summed E-state index contributed by atoms with van der Waals surface area (Å²) in [5.74, 6) is 0. The van der Waals surface area contributed by atoms with Crippen molar-refractivity contribution in [2.75, 3.05) is 0 Å². The number of benzene rings is 1. The topological polar surface area (TPSA) is 46.4 Å². The van der Waals surface area contributed by atoms with Gasteiger partial charge in [0.05, 0.1) is 5.69 Å². The van der Waals surface area contributed by atoms with Crippen LogP contribution in [-0.2, 0) is 12.1 Å². The molecule has 114 valence electrons. The van der Waals surface area contributed by atoms with E-state index in [0.29, 0.717) is 6.54 Å². The predicted octanol–water partition coefficient (Wildman–Crippen LogP) is 3.09. The van der Waals surface area contributed by atoms with Crippen molar-refractivity contribution in [3.8, 4) is 0 Å². The molecule has 0 fully saturated rings. The Balaban J connectivity index is 1.84. The van der Waals surface area contributed by atoms with Gasteiger partial charge in [-0.2, -0.15) is 0 Å². The van der Waals surface area contributed by atoms with Gasteiger partial charge >= 0.3 is 0 Å². The van der Waals surface area contributed by atoms with Gasteiger partial charge in [-0.25, -0.2) is 4.98 Å². The summed E-state index contributed by atoms with van der Waals surface area (Å²) in [6.07, 6.45) is 0. The van der Waals surface area contributed by atoms with Gasteiger partial charge in [0.2, 0.25) is 0 Å². The molecule has 1 N–H and O–H groups in total. The Hall–Kier alpha value is -1.98. The molecule has 0 atom stereocenters. The van der Waals surface area contributed by atoms with E-state index in [1.165, 1.54) is 16.9 Å². The molecule has 0 saturated heterocycles. The highest BCUT2D eigenvalue weighted by atomic mass is 32.1. The maximum Gasteiger partial charge on any atom is 0.259 e. The first-order valence-corrected chi connectivity index (χ1v) is 8.13. The van der Waals surface area contributed by atoms with E-state index in [1.54, 1.807) is 10.5 Å². The summed E-state index contributed by atoms with van der Waals surface area (Å²) in [7, 11) is 0. The van der Waals surface area contributed by atoms with Crippen LogP contribution >= 0.6 is 11.3 Å². The third-order valence-electron chi connectivity index (χ3n) is 3.84. The van der Waals surface area contributed by atoms with E-state index >= 15 is 0 Å². The van der Waals surface area contributed by atoms with E-state index in [2.05, 4.69) is 36.3 Å². The van der Waals surface area contributed by atoms with E-state index in [9.17, 15) is 4.79 Å². The van der Waals surface area contributed by atoms with Gasteiger partial charge in [-0.15, -0.1) is 11.3 Å². The fourth-order valence-corrected chi connectivity index (χ4v) is 3.35. The van der Waals surface area contributed by atoms with Crippen LogP contribution in [0.25, 0.3) is 4.96 Å². The lowest BCUT2D eigenvalue weighted by Gasteiger charge is -2.26. The molecule has 0 aliphatic carbocycles. The average Bonchev–Trinajstić information content (AvgIpc) is 2.88. The van der Waals surface area contributed by atoms with Gasteiger partial charge in [0.1, 0.15) is 0 Å². The van der Waals surface area contributed by atoms with Crippen molar-refractivity contribution in [3.05, 3.63) is 69.1 Å². The van der Waals surface area contributed by atoms with Crippen LogP contribution in [0.4, 0.5) is 0 Å². The second-order valence-corrected chi connectivity index (χ2v) is 6.76. The van der Waals surface area contributed by atoms with Crippen LogP contribution in [-0.4, -0.2) is 9.38 Å². The molecule has 2 aromatic heterocycles. The van der Waals surface area contributed by atoms with Crippen LogP contribution < -0.4 is 10.9 Å². The Morgan fingerprint density at radius 2 is 2.00 bits per heavy atom. The highest BCUT2D eigenvalue weighted by Crippen LogP contribution is 2.20. The van der Waals surface area contributed by atoms with Gasteiger partial charge < -0.3 is 5.32 Å². The zero-order chi connectivity index (χ0) is 15.7. The van der Waals surface area contributed by atoms with Gasteiger partial charge in [-0.3, -0.25) is 9.20 Å². The Labute approximate surface area is 133 Å². The van der Waals surface area contributed by atoms with Crippen molar-refractivity contribution in [3.63, 3.8) is 0 Å². The molecular weight excluding hydrogens is 294 g/mol. The SMILES string of the molecule is Cc1csc2nc(CNC(C)(C)c3ccccc3)cc(=O)n12. The van der Waals surface area contributed by atoms with E-state index in [0.717, 1.165) is 16.3 Å². The van der Waals surface area contributed by atoms with Crippen LogP contribution in [0.1, 0.15) is 30.8 Å². The van der Waals surface area contributed by atoms with Crippen LogP contribution in [0.5, 0.6) is 0 Å². The molecule has 0 radical (unpaired) electrons. The molecule has 1 aromatic carbocycles. The quantitative estimate of drug-likeness (QED) is 0.805. The first-order valence-electron chi connectivity index (χ1n) is 7.25. The van der Waals surface area contributed by atoms with Crippen molar-refractivity contribution in [2.24, 2.45) is 0 Å². The first-order chi connectivity index (χ1) is 10.5. The Kier molecular flexibility index (Phi) is 3.85. The first kappa shape index (κ1) is 14.9. The monoisotopic (exact) mass is 313 g/mol. The smallest absolute Gasteiger partial charge is 0.259 e. The summed E-state index contributed by atoms with van der Waals surface area (Å²) >= 11 is 1.50. The van der Waals surface area contributed by atoms with Gasteiger partial charge in [0, 0.05) is 29.2 Å². The minimum absolute atomic E-state index is 0.0157. The Morgan fingerprint density at radius 3 is 2.73 bits per heavy atom. The van der Waals surface area contributed by atoms with E-state index < -0.39 is 0 Å². The molecule has 0 aliphatic rings. The Morgan fingerprint density at radius 1 is 1.27 bits per heavy atom. The molecule has 3 rings (SSSR count). The molecule has 4 nitrogen and oxygen atoms in total. The fourth-order valence-electron chi connectivity index (χ4n) is 2.46. The number of aryl methyl sites for hydroxylation is 1. The molecule has 0 bridgehead atoms. The number of aromatic nitrogens is 2. The van der Waals surface area contributed by atoms with Crippen molar-refractivity contribution < 1.29 is 0 Å². The van der Waals surface area contributed by atoms with Crippen LogP contribution in [0.3, 0.4) is 0 Å². The highest BCUT2D eigenvalue weighted by molar-refractivity contribution is 7.15. The average molecular weight is 313 g/mol. The van der Waals surface area contributed by atoms with Crippen molar-refractivity contribution in [1.29, 1.82) is 0 Å². The second kappa shape index (κ2) is 5.66. The third-order valence-corrected chi connectivity index (χ3v) is 4.78. The number of fused-ring (bicyclic) bond motifs is 1. The van der Waals surface area contributed by atoms with Crippen LogP contribution in [0.2, 0.25) is 0 Å². The lowest BCUT2D eigenvalue weighted by Crippen LogP contribution is -2.36. The summed E-state index contributed by atoms with van der Waals surface area (Å²) < 4.78 is 1.65. The maximum atomic E-state index is 12.2. The maximum absolute atomic E-state index is 12.2. The number of nitrogens with zero attached hydrogens (tertiary/aromatic N) is 2. The van der Waals surface area contributed by atoms with Crippen LogP contribution in [0.15, 0.2) is 46.6 Å². The molecule has 5 heteroatoms. The predicted molar refractivity (Wildman–Crippen MR) is 90.4 cm³/mol. The standard InChI is InChI=1S/C17H19N3OS/c1-12-11-22-16-19-14(9-15(21)20(12)16)10-18-17(2,3)13-7-5-4-6-8-13/h4-9,11,18H,10H2,1-3H3. The number of hydrogen-bond donors (Lipinski definition) is 1. The minimum Gasteiger partial charge on any atom is -0.302 e. The molecule has 2 heterocycles. The zero-order valence-electron chi connectivity index (χ0n) is 13.0. The lowest BCUT2D eigenvalue weighted by molar-refractivity contribution is 0.398. The van der Waals surface area contributed by atoms with Crippen molar-refractivity contribution in [1.82, 2.24) is 14.7 Å². The van der Waals surface area contributed by atoms with E-state index in [4.69, 9.17) is 0 Å². The van der Waals surface area contributed by atoms with Gasteiger partial charge in [0.15, 0.2) is 4.96 Å². The number of rotatable bonds is 4. The molecule has 0 aliphatic heterocycles. The van der Waals surface area contributed by atoms with E-state index in [1.807, 2.05) is 30.5 Å². The molecule has 22 heavy (non-hydrogen) atoms. The normalized spacial score (nSPS) is 12.0. The van der Waals surface area contributed by atoms with Crippen molar-refractivity contribution >= 4 is 16.3 Å². The van der Waals surface area contributed by atoms with E-state index in [-0.39, 0.29) is 11.1 Å². The van der Waals surface area contributed by atoms with Crippen molar-refractivity contribution in [2.45, 2.75) is 32.9 Å². The summed E-state index contributed by atoms with van der Waals surface area (Å²) in [6.45, 7) is 6.74. The lowest BCUT2D eigenvalue weighted by atomic mass is 9.94. The summed E-state index contributed by atoms with van der Waals surface area (Å²) in [5.41, 5.74) is 2.72. The molecule has 3 aromatic rings. The molecule has 0 spiro atoms. The number of thiazole rings is 1. The highest BCUT2D eigenvalue weighted by Gasteiger charge is 2.19. The summed E-state index contributed by atoms with van der Waals surface area (Å²) in [6, 6.07) is 11.9. The van der Waals surface area contributed by atoms with Gasteiger partial charge in [-0.1, -0.05) is 30.3 Å². The molecule has 0 amide bonds. The molecule has 0 saturated carbocycles. The summed E-state index contributed by atoms with van der Waals surface area (Å²) in [4.78, 5) is 17.5. The largest absolute Gasteiger partial charge is 0.302 e. The molecular formula is C17H19N3OS. The third kappa shape index (κ3) is 2.82. The van der Waals surface area contributed by atoms with Gasteiger partial charge in [0.25, 0.3) is 5.56 Å². The van der Waals surface area contributed by atoms with Crippen LogP contribution in [0, 0.1) is 6.92 Å².